The van der Waals surface area contributed by atoms with Crippen LogP contribution in [-0.4, -0.2) is 27.0 Å². The zero-order valence-corrected chi connectivity index (χ0v) is 20.0. The Labute approximate surface area is 206 Å². The van der Waals surface area contributed by atoms with Crippen molar-refractivity contribution in [3.63, 3.8) is 0 Å². The van der Waals surface area contributed by atoms with Crippen LogP contribution >= 0.6 is 0 Å². The van der Waals surface area contributed by atoms with Gasteiger partial charge in [0, 0.05) is 22.9 Å². The Morgan fingerprint density at radius 1 is 0.500 bits per heavy atom. The van der Waals surface area contributed by atoms with E-state index < -0.39 is 20.2 Å². The molecule has 10 heteroatoms. The molecule has 0 aliphatic carbocycles. The van der Waals surface area contributed by atoms with E-state index in [4.69, 9.17) is 8.37 Å². The fourth-order valence-corrected chi connectivity index (χ4v) is 5.73. The molecule has 5 aromatic carbocycles. The van der Waals surface area contributed by atoms with Crippen LogP contribution < -0.4 is 8.37 Å². The molecule has 0 aliphatic heterocycles. The molecule has 0 saturated carbocycles. The Bertz CT molecular complexity index is 1710. The first-order valence-electron chi connectivity index (χ1n) is 10.5. The SMILES string of the molecule is O=S(=O)(Oc1cccc2cc3c(OS(=O)(=O)c4cccc(O)c4)cccc3cc12)c1cccc(O)c1. The molecule has 36 heavy (non-hydrogen) atoms. The molecule has 0 radical (unpaired) electrons. The van der Waals surface area contributed by atoms with Gasteiger partial charge in [-0.15, -0.1) is 0 Å². The van der Waals surface area contributed by atoms with Crippen LogP contribution in [0.1, 0.15) is 0 Å². The molecule has 5 rings (SSSR count). The average molecular weight is 523 g/mol. The largest absolute Gasteiger partial charge is 0.508 e. The van der Waals surface area contributed by atoms with Crippen LogP contribution in [0.4, 0.5) is 0 Å². The third-order valence-electron chi connectivity index (χ3n) is 5.41. The highest BCUT2D eigenvalue weighted by molar-refractivity contribution is 7.87. The molecule has 0 heterocycles. The minimum atomic E-state index is -4.23. The van der Waals surface area contributed by atoms with E-state index in [-0.39, 0.29) is 32.8 Å². The summed E-state index contributed by atoms with van der Waals surface area (Å²) in [4.78, 5) is -0.402. The number of benzene rings is 5. The Morgan fingerprint density at radius 2 is 0.889 bits per heavy atom. The van der Waals surface area contributed by atoms with Gasteiger partial charge in [0.1, 0.15) is 21.3 Å². The van der Waals surface area contributed by atoms with Crippen molar-refractivity contribution in [1.29, 1.82) is 0 Å². The zero-order valence-electron chi connectivity index (χ0n) is 18.4. The van der Waals surface area contributed by atoms with Gasteiger partial charge < -0.3 is 18.6 Å². The molecule has 5 aromatic rings. The van der Waals surface area contributed by atoms with Crippen LogP contribution in [0, 0.1) is 0 Å². The first-order valence-corrected chi connectivity index (χ1v) is 13.4. The predicted octanol–water partition coefficient (Wildman–Crippen LogP) is 4.94. The van der Waals surface area contributed by atoms with Crippen molar-refractivity contribution in [2.24, 2.45) is 0 Å². The summed E-state index contributed by atoms with van der Waals surface area (Å²) in [6.45, 7) is 0. The van der Waals surface area contributed by atoms with Crippen molar-refractivity contribution >= 4 is 41.8 Å². The number of hydrogen-bond donors (Lipinski definition) is 2. The van der Waals surface area contributed by atoms with E-state index in [9.17, 15) is 27.0 Å². The van der Waals surface area contributed by atoms with Crippen LogP contribution in [-0.2, 0) is 20.2 Å². The Hall–Kier alpha value is -4.28. The Kier molecular flexibility index (Phi) is 5.70. The van der Waals surface area contributed by atoms with Crippen LogP contribution in [0.2, 0.25) is 0 Å². The van der Waals surface area contributed by atoms with Gasteiger partial charge in [-0.2, -0.15) is 16.8 Å². The lowest BCUT2D eigenvalue weighted by Crippen LogP contribution is -2.10. The molecule has 0 unspecified atom stereocenters. The van der Waals surface area contributed by atoms with Crippen LogP contribution in [0.15, 0.2) is 107 Å². The number of aromatic hydroxyl groups is 2. The van der Waals surface area contributed by atoms with E-state index in [0.29, 0.717) is 21.5 Å². The molecular weight excluding hydrogens is 504 g/mol. The standard InChI is InChI=1S/C26H18O8S2/c27-19-7-3-9-21(15-19)35(29,30)33-25-11-1-5-17-13-24-18(14-23(17)25)6-2-12-26(24)34-36(31,32)22-10-4-8-20(28)16-22/h1-16,27-28H. The Balaban J connectivity index is 1.57. The molecular formula is C26H18O8S2. The van der Waals surface area contributed by atoms with Crippen LogP contribution in [0.5, 0.6) is 23.0 Å². The van der Waals surface area contributed by atoms with Gasteiger partial charge in [-0.1, -0.05) is 36.4 Å². The number of phenols is 2. The predicted molar refractivity (Wildman–Crippen MR) is 133 cm³/mol. The summed E-state index contributed by atoms with van der Waals surface area (Å²) in [6.07, 6.45) is 0. The number of fused-ring (bicyclic) bond motifs is 2. The second-order valence-electron chi connectivity index (χ2n) is 7.88. The van der Waals surface area contributed by atoms with Crippen molar-refractivity contribution in [2.75, 3.05) is 0 Å². The average Bonchev–Trinajstić information content (AvgIpc) is 2.83. The second-order valence-corrected chi connectivity index (χ2v) is 11.0. The van der Waals surface area contributed by atoms with Crippen molar-refractivity contribution < 1.29 is 35.4 Å². The summed E-state index contributed by atoms with van der Waals surface area (Å²) in [6, 6.07) is 23.3. The van der Waals surface area contributed by atoms with Gasteiger partial charge in [-0.05, 0) is 59.3 Å². The van der Waals surface area contributed by atoms with Crippen molar-refractivity contribution in [2.45, 2.75) is 9.79 Å². The zero-order chi connectivity index (χ0) is 25.5. The summed E-state index contributed by atoms with van der Waals surface area (Å²) >= 11 is 0. The van der Waals surface area contributed by atoms with E-state index in [1.54, 1.807) is 36.4 Å². The highest BCUT2D eigenvalue weighted by Crippen LogP contribution is 2.36. The van der Waals surface area contributed by atoms with Gasteiger partial charge in [-0.25, -0.2) is 0 Å². The molecule has 0 spiro atoms. The van der Waals surface area contributed by atoms with E-state index in [1.807, 2.05) is 0 Å². The molecule has 0 saturated heterocycles. The van der Waals surface area contributed by atoms with Crippen molar-refractivity contribution in [3.05, 3.63) is 97.1 Å². The van der Waals surface area contributed by atoms with E-state index >= 15 is 0 Å². The summed E-state index contributed by atoms with van der Waals surface area (Å²) < 4.78 is 62.0. The van der Waals surface area contributed by atoms with Gasteiger partial charge >= 0.3 is 20.2 Å². The maximum Gasteiger partial charge on any atom is 0.339 e. The fourth-order valence-electron chi connectivity index (χ4n) is 3.75. The monoisotopic (exact) mass is 522 g/mol. The normalized spacial score (nSPS) is 12.0. The molecule has 0 bridgehead atoms. The molecule has 0 fully saturated rings. The third-order valence-corrected chi connectivity index (χ3v) is 7.87. The third kappa shape index (κ3) is 4.51. The maximum absolute atomic E-state index is 12.8. The van der Waals surface area contributed by atoms with E-state index in [2.05, 4.69) is 0 Å². The Morgan fingerprint density at radius 3 is 1.28 bits per heavy atom. The van der Waals surface area contributed by atoms with E-state index in [0.717, 1.165) is 12.1 Å². The topological polar surface area (TPSA) is 127 Å². The molecule has 0 aliphatic rings. The summed E-state index contributed by atoms with van der Waals surface area (Å²) in [5.74, 6) is -0.290. The number of rotatable bonds is 6. The fraction of sp³-hybridized carbons (Fsp3) is 0. The molecule has 8 nitrogen and oxygen atoms in total. The summed E-state index contributed by atoms with van der Waals surface area (Å²) in [7, 11) is -8.46. The minimum Gasteiger partial charge on any atom is -0.508 e. The summed E-state index contributed by atoms with van der Waals surface area (Å²) in [5.41, 5.74) is 0. The quantitative estimate of drug-likeness (QED) is 0.237. The smallest absolute Gasteiger partial charge is 0.339 e. The molecule has 182 valence electrons. The van der Waals surface area contributed by atoms with Crippen LogP contribution in [0.3, 0.4) is 0 Å². The lowest BCUT2D eigenvalue weighted by atomic mass is 10.0. The van der Waals surface area contributed by atoms with Crippen LogP contribution in [0.25, 0.3) is 21.5 Å². The number of hydrogen-bond acceptors (Lipinski definition) is 8. The van der Waals surface area contributed by atoms with Crippen molar-refractivity contribution in [1.82, 2.24) is 0 Å². The lowest BCUT2D eigenvalue weighted by Gasteiger charge is -2.13. The molecule has 2 N–H and O–H groups in total. The van der Waals surface area contributed by atoms with Gasteiger partial charge in [0.2, 0.25) is 0 Å². The van der Waals surface area contributed by atoms with Gasteiger partial charge in [-0.3, -0.25) is 0 Å². The molecule has 0 atom stereocenters. The van der Waals surface area contributed by atoms with Gasteiger partial charge in [0.05, 0.1) is 0 Å². The first-order chi connectivity index (χ1) is 17.1. The maximum atomic E-state index is 12.8. The molecule has 0 aromatic heterocycles. The highest BCUT2D eigenvalue weighted by Gasteiger charge is 2.21. The van der Waals surface area contributed by atoms with E-state index in [1.165, 1.54) is 48.5 Å². The molecule has 0 amide bonds. The second kappa shape index (κ2) is 8.74. The summed E-state index contributed by atoms with van der Waals surface area (Å²) in [5, 5.41) is 21.4. The first kappa shape index (κ1) is 23.5. The van der Waals surface area contributed by atoms with Gasteiger partial charge in [0.15, 0.2) is 11.5 Å². The van der Waals surface area contributed by atoms with Gasteiger partial charge in [0.25, 0.3) is 0 Å². The number of phenolic OH excluding ortho intramolecular Hbond substituents is 2. The minimum absolute atomic E-state index is 0.0662. The van der Waals surface area contributed by atoms with Crippen molar-refractivity contribution in [3.8, 4) is 23.0 Å². The highest BCUT2D eigenvalue weighted by atomic mass is 32.2. The lowest BCUT2D eigenvalue weighted by molar-refractivity contribution is 0.468.